The summed E-state index contributed by atoms with van der Waals surface area (Å²) in [7, 11) is -3.07. The van der Waals surface area contributed by atoms with Crippen LogP contribution in [0.1, 0.15) is 13.3 Å². The molecule has 10 heteroatoms. The molecule has 8 nitrogen and oxygen atoms in total. The van der Waals surface area contributed by atoms with Gasteiger partial charge >= 0.3 is 0 Å². The van der Waals surface area contributed by atoms with Crippen molar-refractivity contribution >= 4 is 27.5 Å². The molecule has 1 fully saturated rings. The Balaban J connectivity index is 1.66. The van der Waals surface area contributed by atoms with Gasteiger partial charge in [0.25, 0.3) is 0 Å². The lowest BCUT2D eigenvalue weighted by Gasteiger charge is -2.23. The molecule has 1 aliphatic heterocycles. The average molecular weight is 396 g/mol. The van der Waals surface area contributed by atoms with E-state index >= 15 is 0 Å². The van der Waals surface area contributed by atoms with E-state index in [2.05, 4.69) is 22.1 Å². The van der Waals surface area contributed by atoms with Crippen LogP contribution in [0, 0.1) is 0 Å². The number of thioether (sulfide) groups is 1. The lowest BCUT2D eigenvalue weighted by atomic mass is 10.0. The average Bonchev–Trinajstić information content (AvgIpc) is 3.25. The van der Waals surface area contributed by atoms with Crippen molar-refractivity contribution in [1.29, 1.82) is 0 Å². The Bertz CT molecular complexity index is 905. The molecule has 2 aromatic rings. The van der Waals surface area contributed by atoms with E-state index in [4.69, 9.17) is 4.42 Å². The molecule has 2 aromatic heterocycles. The van der Waals surface area contributed by atoms with Crippen LogP contribution in [0.2, 0.25) is 0 Å². The van der Waals surface area contributed by atoms with Crippen molar-refractivity contribution in [3.8, 4) is 11.6 Å². The molecular weight excluding hydrogens is 376 g/mol. The first-order valence-electron chi connectivity index (χ1n) is 8.04. The van der Waals surface area contributed by atoms with Crippen LogP contribution in [0.5, 0.6) is 0 Å². The fourth-order valence-electron chi connectivity index (χ4n) is 2.89. The molecule has 0 aromatic carbocycles. The van der Waals surface area contributed by atoms with Gasteiger partial charge in [-0.15, -0.1) is 16.8 Å². The summed E-state index contributed by atoms with van der Waals surface area (Å²) in [6, 6.07) is 3.55. The van der Waals surface area contributed by atoms with Gasteiger partial charge in [0.05, 0.1) is 29.1 Å². The predicted molar refractivity (Wildman–Crippen MR) is 98.5 cm³/mol. The number of hydrogen-bond acceptors (Lipinski definition) is 7. The molecule has 26 heavy (non-hydrogen) atoms. The van der Waals surface area contributed by atoms with Crippen LogP contribution in [0.3, 0.4) is 0 Å². The monoisotopic (exact) mass is 396 g/mol. The van der Waals surface area contributed by atoms with Crippen LogP contribution >= 0.6 is 11.8 Å². The Morgan fingerprint density at radius 1 is 1.54 bits per heavy atom. The summed E-state index contributed by atoms with van der Waals surface area (Å²) in [5, 5.41) is 11.7. The van der Waals surface area contributed by atoms with Gasteiger partial charge in [-0.2, -0.15) is 0 Å². The molecule has 1 amide bonds. The molecule has 3 rings (SSSR count). The summed E-state index contributed by atoms with van der Waals surface area (Å²) < 4.78 is 30.5. The topological polar surface area (TPSA) is 107 Å². The zero-order valence-corrected chi connectivity index (χ0v) is 16.0. The van der Waals surface area contributed by atoms with E-state index in [1.165, 1.54) is 11.8 Å². The predicted octanol–water partition coefficient (Wildman–Crippen LogP) is 1.51. The van der Waals surface area contributed by atoms with Gasteiger partial charge < -0.3 is 9.73 Å². The smallest absolute Gasteiger partial charge is 0.230 e. The molecule has 1 unspecified atom stereocenters. The number of carbonyl (C=O) groups is 1. The van der Waals surface area contributed by atoms with Gasteiger partial charge in [0.2, 0.25) is 11.7 Å². The first-order valence-corrected chi connectivity index (χ1v) is 10.8. The summed E-state index contributed by atoms with van der Waals surface area (Å²) in [6.45, 7) is 5.97. The Hall–Kier alpha value is -2.07. The number of aromatic nitrogens is 3. The third-order valence-corrected chi connectivity index (χ3v) is 6.92. The van der Waals surface area contributed by atoms with Crippen molar-refractivity contribution in [3.63, 3.8) is 0 Å². The molecule has 0 bridgehead atoms. The van der Waals surface area contributed by atoms with Crippen molar-refractivity contribution in [1.82, 2.24) is 20.1 Å². The summed E-state index contributed by atoms with van der Waals surface area (Å²) in [5.41, 5.74) is -0.704. The highest BCUT2D eigenvalue weighted by atomic mass is 32.2. The number of allylic oxidation sites excluding steroid dienone is 1. The molecule has 1 saturated heterocycles. The SMILES string of the molecule is C=CCn1c(SCC(=O)NC2(C)CCS(=O)(=O)C2)nnc1-c1ccco1. The van der Waals surface area contributed by atoms with Crippen LogP contribution in [-0.2, 0) is 21.2 Å². The number of amides is 1. The second-order valence-corrected chi connectivity index (χ2v) is 9.55. The minimum atomic E-state index is -3.07. The lowest BCUT2D eigenvalue weighted by Crippen LogP contribution is -2.47. The summed E-state index contributed by atoms with van der Waals surface area (Å²) in [4.78, 5) is 12.3. The molecule has 1 aliphatic rings. The Kier molecular flexibility index (Phi) is 5.24. The van der Waals surface area contributed by atoms with Gasteiger partial charge in [-0.25, -0.2) is 8.42 Å². The van der Waals surface area contributed by atoms with Gasteiger partial charge in [-0.05, 0) is 25.5 Å². The lowest BCUT2D eigenvalue weighted by molar-refractivity contribution is -0.120. The zero-order valence-electron chi connectivity index (χ0n) is 14.3. The molecule has 0 spiro atoms. The van der Waals surface area contributed by atoms with E-state index in [0.717, 1.165) is 0 Å². The van der Waals surface area contributed by atoms with Crippen molar-refractivity contribution in [2.24, 2.45) is 0 Å². The quantitative estimate of drug-likeness (QED) is 0.558. The van der Waals surface area contributed by atoms with E-state index in [1.54, 1.807) is 31.4 Å². The number of nitrogens with one attached hydrogen (secondary N) is 1. The van der Waals surface area contributed by atoms with E-state index in [0.29, 0.717) is 29.7 Å². The second-order valence-electron chi connectivity index (χ2n) is 6.42. The zero-order chi connectivity index (χ0) is 18.8. The van der Waals surface area contributed by atoms with E-state index in [9.17, 15) is 13.2 Å². The third-order valence-electron chi connectivity index (χ3n) is 4.05. The molecule has 3 heterocycles. The standard InChI is InChI=1S/C16H20N4O4S2/c1-3-7-20-14(12-5-4-8-24-12)18-19-15(20)25-10-13(21)17-16(2)6-9-26(22,23)11-16/h3-5,8H,1,6-7,9-11H2,2H3,(H,17,21). The van der Waals surface area contributed by atoms with Gasteiger partial charge in [0, 0.05) is 6.54 Å². The Morgan fingerprint density at radius 3 is 2.96 bits per heavy atom. The van der Waals surface area contributed by atoms with Crippen molar-refractivity contribution in [2.75, 3.05) is 17.3 Å². The number of furan rings is 1. The van der Waals surface area contributed by atoms with Crippen molar-refractivity contribution < 1.29 is 17.6 Å². The molecule has 0 radical (unpaired) electrons. The van der Waals surface area contributed by atoms with Gasteiger partial charge in [-0.1, -0.05) is 17.8 Å². The minimum Gasteiger partial charge on any atom is -0.461 e. The highest BCUT2D eigenvalue weighted by Crippen LogP contribution is 2.26. The fraction of sp³-hybridized carbons (Fsp3) is 0.438. The van der Waals surface area contributed by atoms with E-state index in [-0.39, 0.29) is 23.2 Å². The number of hydrogen-bond donors (Lipinski definition) is 1. The maximum atomic E-state index is 12.3. The molecular formula is C16H20N4O4S2. The van der Waals surface area contributed by atoms with Crippen LogP contribution in [-0.4, -0.2) is 51.9 Å². The first-order chi connectivity index (χ1) is 12.3. The maximum absolute atomic E-state index is 12.3. The van der Waals surface area contributed by atoms with Gasteiger partial charge in [0.15, 0.2) is 20.8 Å². The largest absolute Gasteiger partial charge is 0.461 e. The van der Waals surface area contributed by atoms with Gasteiger partial charge in [-0.3, -0.25) is 9.36 Å². The molecule has 140 valence electrons. The number of carbonyl (C=O) groups excluding carboxylic acids is 1. The Morgan fingerprint density at radius 2 is 2.35 bits per heavy atom. The first kappa shape index (κ1) is 18.7. The normalized spacial score (nSPS) is 21.6. The molecule has 1 N–H and O–H groups in total. The molecule has 1 atom stereocenters. The summed E-state index contributed by atoms with van der Waals surface area (Å²) in [5.74, 6) is 1.11. The van der Waals surface area contributed by atoms with Crippen LogP contribution in [0.4, 0.5) is 0 Å². The minimum absolute atomic E-state index is 0.0221. The Labute approximate surface area is 156 Å². The highest BCUT2D eigenvalue weighted by Gasteiger charge is 2.39. The van der Waals surface area contributed by atoms with Crippen molar-refractivity contribution in [2.45, 2.75) is 30.6 Å². The molecule has 0 saturated carbocycles. The van der Waals surface area contributed by atoms with E-state index < -0.39 is 15.4 Å². The molecule has 0 aliphatic carbocycles. The van der Waals surface area contributed by atoms with Crippen molar-refractivity contribution in [3.05, 3.63) is 31.1 Å². The van der Waals surface area contributed by atoms with Gasteiger partial charge in [0.1, 0.15) is 0 Å². The summed E-state index contributed by atoms with van der Waals surface area (Å²) in [6.07, 6.45) is 3.70. The number of sulfone groups is 1. The number of rotatable bonds is 7. The third kappa shape index (κ3) is 4.18. The summed E-state index contributed by atoms with van der Waals surface area (Å²) >= 11 is 1.23. The maximum Gasteiger partial charge on any atom is 0.230 e. The van der Waals surface area contributed by atoms with Crippen LogP contribution < -0.4 is 5.32 Å². The number of nitrogens with zero attached hydrogens (tertiary/aromatic N) is 3. The van der Waals surface area contributed by atoms with Crippen LogP contribution in [0.25, 0.3) is 11.6 Å². The van der Waals surface area contributed by atoms with E-state index in [1.807, 2.05) is 4.57 Å². The second kappa shape index (κ2) is 7.28. The highest BCUT2D eigenvalue weighted by molar-refractivity contribution is 7.99. The van der Waals surface area contributed by atoms with Crippen LogP contribution in [0.15, 0.2) is 40.6 Å². The fourth-order valence-corrected chi connectivity index (χ4v) is 5.73.